The van der Waals surface area contributed by atoms with Crippen LogP contribution < -0.4 is 0 Å². The van der Waals surface area contributed by atoms with Crippen molar-refractivity contribution < 1.29 is 28.4 Å². The Morgan fingerprint density at radius 1 is 0.400 bits per heavy atom. The van der Waals surface area contributed by atoms with E-state index in [1.165, 1.54) is 44.9 Å². The van der Waals surface area contributed by atoms with E-state index >= 15 is 0 Å². The average Bonchev–Trinajstić information content (AvgIpc) is 3.47. The SMILES string of the molecule is C1CCC2(CC1)O[C@@H]([C@H]1COC3(CCCCC3)O1)[C@@H]([C@@H]1COC3(CCCCC3)O1)O2. The molecule has 4 atom stereocenters. The third-order valence-corrected chi connectivity index (χ3v) is 8.36. The molecule has 0 aromatic carbocycles. The lowest BCUT2D eigenvalue weighted by Gasteiger charge is -2.34. The van der Waals surface area contributed by atoms with Crippen molar-refractivity contribution in [1.82, 2.24) is 0 Å². The number of hydrogen-bond donors (Lipinski definition) is 0. The van der Waals surface area contributed by atoms with Gasteiger partial charge in [-0.3, -0.25) is 0 Å². The Bertz CT molecular complexity index is 559. The molecule has 0 radical (unpaired) electrons. The van der Waals surface area contributed by atoms with Crippen LogP contribution in [0.25, 0.3) is 0 Å². The third kappa shape index (κ3) is 3.65. The van der Waals surface area contributed by atoms with Crippen LogP contribution in [0.3, 0.4) is 0 Å². The molecule has 0 bridgehead atoms. The monoisotopic (exact) mass is 422 g/mol. The molecule has 0 amide bonds. The Balaban J connectivity index is 1.21. The van der Waals surface area contributed by atoms with Gasteiger partial charge in [0, 0.05) is 38.5 Å². The Kier molecular flexibility index (Phi) is 5.41. The lowest BCUT2D eigenvalue weighted by atomic mass is 9.94. The van der Waals surface area contributed by atoms with Crippen molar-refractivity contribution in [2.75, 3.05) is 13.2 Å². The van der Waals surface area contributed by atoms with E-state index in [4.69, 9.17) is 28.4 Å². The largest absolute Gasteiger partial charge is 0.347 e. The molecule has 6 fully saturated rings. The molecule has 3 aliphatic carbocycles. The van der Waals surface area contributed by atoms with Crippen molar-refractivity contribution in [3.05, 3.63) is 0 Å². The van der Waals surface area contributed by atoms with Gasteiger partial charge in [-0.15, -0.1) is 0 Å². The number of hydrogen-bond acceptors (Lipinski definition) is 6. The summed E-state index contributed by atoms with van der Waals surface area (Å²) in [5, 5.41) is 0. The van der Waals surface area contributed by atoms with Crippen molar-refractivity contribution in [1.29, 1.82) is 0 Å². The quantitative estimate of drug-likeness (QED) is 0.649. The minimum atomic E-state index is -0.467. The average molecular weight is 423 g/mol. The van der Waals surface area contributed by atoms with E-state index < -0.39 is 17.4 Å². The highest BCUT2D eigenvalue weighted by atomic mass is 16.8. The maximum absolute atomic E-state index is 6.75. The molecule has 3 spiro atoms. The summed E-state index contributed by atoms with van der Waals surface area (Å²) in [6.07, 6.45) is 16.4. The topological polar surface area (TPSA) is 55.4 Å². The molecule has 0 aromatic rings. The summed E-state index contributed by atoms with van der Waals surface area (Å²) >= 11 is 0. The Morgan fingerprint density at radius 2 is 0.767 bits per heavy atom. The van der Waals surface area contributed by atoms with Gasteiger partial charge in [0.1, 0.15) is 24.4 Å². The molecule has 0 N–H and O–H groups in total. The maximum Gasteiger partial charge on any atom is 0.169 e. The second kappa shape index (κ2) is 7.96. The summed E-state index contributed by atoms with van der Waals surface area (Å²) in [5.74, 6) is -1.25. The Morgan fingerprint density at radius 3 is 1.17 bits per heavy atom. The van der Waals surface area contributed by atoms with Crippen LogP contribution in [0, 0.1) is 0 Å². The molecular formula is C24H38O6. The lowest BCUT2D eigenvalue weighted by molar-refractivity contribution is -0.221. The first-order chi connectivity index (χ1) is 14.7. The highest BCUT2D eigenvalue weighted by Gasteiger charge is 2.59. The Labute approximate surface area is 180 Å². The van der Waals surface area contributed by atoms with Gasteiger partial charge < -0.3 is 28.4 Å². The summed E-state index contributed by atoms with van der Waals surface area (Å²) in [7, 11) is 0. The Hall–Kier alpha value is -0.240. The van der Waals surface area contributed by atoms with Gasteiger partial charge in [0.15, 0.2) is 17.4 Å². The number of ether oxygens (including phenoxy) is 6. The zero-order valence-corrected chi connectivity index (χ0v) is 18.3. The van der Waals surface area contributed by atoms with E-state index in [0.29, 0.717) is 13.2 Å². The van der Waals surface area contributed by atoms with Crippen LogP contribution in [0.5, 0.6) is 0 Å². The minimum Gasteiger partial charge on any atom is -0.347 e. The second-order valence-electron chi connectivity index (χ2n) is 10.5. The molecule has 6 rings (SSSR count). The molecule has 3 saturated heterocycles. The molecule has 0 aromatic heterocycles. The first-order valence-corrected chi connectivity index (χ1v) is 12.7. The fourth-order valence-electron chi connectivity index (χ4n) is 6.74. The van der Waals surface area contributed by atoms with E-state index in [-0.39, 0.29) is 24.4 Å². The van der Waals surface area contributed by atoms with Crippen LogP contribution in [0.2, 0.25) is 0 Å². The zero-order chi connectivity index (χ0) is 20.1. The van der Waals surface area contributed by atoms with Crippen LogP contribution in [0.4, 0.5) is 0 Å². The van der Waals surface area contributed by atoms with Crippen LogP contribution in [-0.2, 0) is 28.4 Å². The van der Waals surface area contributed by atoms with Gasteiger partial charge in [-0.1, -0.05) is 19.3 Å². The molecule has 3 saturated carbocycles. The predicted molar refractivity (Wildman–Crippen MR) is 109 cm³/mol. The van der Waals surface area contributed by atoms with E-state index in [9.17, 15) is 0 Å². The summed E-state index contributed by atoms with van der Waals surface area (Å²) in [6.45, 7) is 1.19. The van der Waals surface area contributed by atoms with E-state index in [1.807, 2.05) is 0 Å². The summed E-state index contributed by atoms with van der Waals surface area (Å²) < 4.78 is 39.3. The van der Waals surface area contributed by atoms with E-state index in [0.717, 1.165) is 51.4 Å². The molecule has 6 nitrogen and oxygen atoms in total. The van der Waals surface area contributed by atoms with E-state index in [1.54, 1.807) is 0 Å². The first-order valence-electron chi connectivity index (χ1n) is 12.7. The van der Waals surface area contributed by atoms with Gasteiger partial charge in [-0.25, -0.2) is 0 Å². The smallest absolute Gasteiger partial charge is 0.169 e. The summed E-state index contributed by atoms with van der Waals surface area (Å²) in [6, 6.07) is 0. The molecule has 3 aliphatic heterocycles. The minimum absolute atomic E-state index is 0.0825. The lowest BCUT2D eigenvalue weighted by Crippen LogP contribution is -2.46. The molecule has 0 unspecified atom stereocenters. The van der Waals surface area contributed by atoms with Crippen LogP contribution >= 0.6 is 0 Å². The highest BCUT2D eigenvalue weighted by Crippen LogP contribution is 2.48. The van der Waals surface area contributed by atoms with Crippen molar-refractivity contribution >= 4 is 0 Å². The highest BCUT2D eigenvalue weighted by molar-refractivity contribution is 5.00. The summed E-state index contributed by atoms with van der Waals surface area (Å²) in [4.78, 5) is 0. The van der Waals surface area contributed by atoms with Gasteiger partial charge in [0.2, 0.25) is 0 Å². The van der Waals surface area contributed by atoms with Gasteiger partial charge in [0.05, 0.1) is 13.2 Å². The van der Waals surface area contributed by atoms with Gasteiger partial charge in [-0.05, 0) is 38.5 Å². The van der Waals surface area contributed by atoms with Gasteiger partial charge in [0.25, 0.3) is 0 Å². The second-order valence-corrected chi connectivity index (χ2v) is 10.5. The fraction of sp³-hybridized carbons (Fsp3) is 1.00. The molecular weight excluding hydrogens is 384 g/mol. The number of rotatable bonds is 2. The van der Waals surface area contributed by atoms with Crippen molar-refractivity contribution in [2.24, 2.45) is 0 Å². The van der Waals surface area contributed by atoms with Crippen LogP contribution in [0.1, 0.15) is 96.3 Å². The molecule has 170 valence electrons. The molecule has 30 heavy (non-hydrogen) atoms. The molecule has 6 heteroatoms. The van der Waals surface area contributed by atoms with Gasteiger partial charge in [-0.2, -0.15) is 0 Å². The van der Waals surface area contributed by atoms with Gasteiger partial charge >= 0.3 is 0 Å². The maximum atomic E-state index is 6.75. The van der Waals surface area contributed by atoms with Crippen molar-refractivity contribution in [3.63, 3.8) is 0 Å². The fourth-order valence-corrected chi connectivity index (χ4v) is 6.74. The van der Waals surface area contributed by atoms with Crippen LogP contribution in [-0.4, -0.2) is 55.0 Å². The molecule has 3 heterocycles. The first kappa shape index (κ1) is 20.4. The van der Waals surface area contributed by atoms with Crippen LogP contribution in [0.15, 0.2) is 0 Å². The molecule has 6 aliphatic rings. The zero-order valence-electron chi connectivity index (χ0n) is 18.3. The van der Waals surface area contributed by atoms with Crippen molar-refractivity contribution in [3.8, 4) is 0 Å². The summed E-state index contributed by atoms with van der Waals surface area (Å²) in [5.41, 5.74) is 0. The van der Waals surface area contributed by atoms with Crippen molar-refractivity contribution in [2.45, 2.75) is 138 Å². The standard InChI is InChI=1S/C24H38O6/c1-4-10-22(11-5-1)25-16-18(27-22)20-21(30-24(29-20)14-8-3-9-15-24)19-17-26-23(28-19)12-6-2-7-13-23/h18-21H,1-17H2/t18-,19+,20+,21-. The third-order valence-electron chi connectivity index (χ3n) is 8.36. The normalized spacial score (nSPS) is 42.4. The predicted octanol–water partition coefficient (Wildman–Crippen LogP) is 4.58. The van der Waals surface area contributed by atoms with E-state index in [2.05, 4.69) is 0 Å².